The van der Waals surface area contributed by atoms with Crippen molar-refractivity contribution in [2.24, 2.45) is 5.41 Å². The lowest BCUT2D eigenvalue weighted by Gasteiger charge is -2.40. The van der Waals surface area contributed by atoms with Gasteiger partial charge in [0, 0.05) is 31.5 Å². The van der Waals surface area contributed by atoms with Crippen LogP contribution in [0, 0.1) is 5.41 Å². The zero-order valence-corrected chi connectivity index (χ0v) is 12.2. The molecule has 1 heterocycles. The Kier molecular flexibility index (Phi) is 4.82. The Hall–Kier alpha value is -2.05. The molecule has 1 aromatic rings. The van der Waals surface area contributed by atoms with Gasteiger partial charge in [0.1, 0.15) is 0 Å². The first kappa shape index (κ1) is 15.3. The molecule has 3 N–H and O–H groups in total. The summed E-state index contributed by atoms with van der Waals surface area (Å²) in [4.78, 5) is 26.7. The second kappa shape index (κ2) is 6.60. The predicted molar refractivity (Wildman–Crippen MR) is 76.8 cm³/mol. The van der Waals surface area contributed by atoms with Gasteiger partial charge in [-0.3, -0.25) is 4.79 Å². The van der Waals surface area contributed by atoms with E-state index in [1.165, 1.54) is 0 Å². The van der Waals surface area contributed by atoms with Crippen molar-refractivity contribution >= 4 is 12.0 Å². The zero-order chi connectivity index (χ0) is 15.3. The van der Waals surface area contributed by atoms with Crippen LogP contribution in [0.3, 0.4) is 0 Å². The molecule has 1 fully saturated rings. The molecule has 7 nitrogen and oxygen atoms in total. The summed E-state index contributed by atoms with van der Waals surface area (Å²) >= 11 is 0. The van der Waals surface area contributed by atoms with Crippen LogP contribution in [0.4, 0.5) is 4.79 Å². The quantitative estimate of drug-likeness (QED) is 0.704. The third-order valence-electron chi connectivity index (χ3n) is 3.99. The SMILES string of the molecule is CC(Cn1ccnc1)NC(=O)NCC1(CC(=O)O)CCC1. The normalized spacial score (nSPS) is 17.6. The molecule has 1 aliphatic rings. The molecule has 2 amide bonds. The number of carbonyl (C=O) groups is 2. The minimum Gasteiger partial charge on any atom is -0.481 e. The molecule has 0 spiro atoms. The fraction of sp³-hybridized carbons (Fsp3) is 0.643. The fourth-order valence-electron chi connectivity index (χ4n) is 2.71. The van der Waals surface area contributed by atoms with E-state index in [0.717, 1.165) is 19.3 Å². The van der Waals surface area contributed by atoms with E-state index in [1.54, 1.807) is 12.5 Å². The van der Waals surface area contributed by atoms with Gasteiger partial charge in [-0.2, -0.15) is 0 Å². The van der Waals surface area contributed by atoms with Crippen molar-refractivity contribution in [2.45, 2.75) is 45.2 Å². The predicted octanol–water partition coefficient (Wildman–Crippen LogP) is 1.22. The smallest absolute Gasteiger partial charge is 0.315 e. The number of carboxylic acid groups (broad SMARTS) is 1. The first-order chi connectivity index (χ1) is 9.99. The molecule has 2 rings (SSSR count). The Balaban J connectivity index is 1.72. The van der Waals surface area contributed by atoms with Crippen LogP contribution >= 0.6 is 0 Å². The number of hydrogen-bond acceptors (Lipinski definition) is 3. The maximum Gasteiger partial charge on any atom is 0.315 e. The van der Waals surface area contributed by atoms with E-state index >= 15 is 0 Å². The molecular formula is C14H22N4O3. The van der Waals surface area contributed by atoms with Crippen LogP contribution in [-0.4, -0.2) is 39.2 Å². The monoisotopic (exact) mass is 294 g/mol. The van der Waals surface area contributed by atoms with Crippen LogP contribution in [0.5, 0.6) is 0 Å². The number of urea groups is 1. The molecule has 1 aromatic heterocycles. The summed E-state index contributed by atoms with van der Waals surface area (Å²) in [6, 6.07) is -0.282. The largest absolute Gasteiger partial charge is 0.481 e. The van der Waals surface area contributed by atoms with Crippen LogP contribution in [0.25, 0.3) is 0 Å². The van der Waals surface area contributed by atoms with Gasteiger partial charge in [0.05, 0.1) is 12.7 Å². The maximum atomic E-state index is 11.9. The summed E-state index contributed by atoms with van der Waals surface area (Å²) < 4.78 is 1.89. The summed E-state index contributed by atoms with van der Waals surface area (Å²) in [7, 11) is 0. The van der Waals surface area contributed by atoms with Crippen molar-refractivity contribution in [1.29, 1.82) is 0 Å². The molecule has 0 radical (unpaired) electrons. The Morgan fingerprint density at radius 3 is 2.76 bits per heavy atom. The van der Waals surface area contributed by atoms with Gasteiger partial charge in [0.15, 0.2) is 0 Å². The van der Waals surface area contributed by atoms with E-state index in [1.807, 2.05) is 17.7 Å². The Labute approximate surface area is 123 Å². The molecule has 0 aliphatic heterocycles. The zero-order valence-electron chi connectivity index (χ0n) is 12.2. The number of hydrogen-bond donors (Lipinski definition) is 3. The summed E-state index contributed by atoms with van der Waals surface area (Å²) in [6.45, 7) is 2.98. The van der Waals surface area contributed by atoms with Crippen molar-refractivity contribution < 1.29 is 14.7 Å². The number of amides is 2. The summed E-state index contributed by atoms with van der Waals surface area (Å²) in [5.41, 5.74) is -0.253. The second-order valence-electron chi connectivity index (χ2n) is 5.91. The number of carboxylic acids is 1. The van der Waals surface area contributed by atoms with E-state index in [4.69, 9.17) is 5.11 Å². The maximum absolute atomic E-state index is 11.9. The van der Waals surface area contributed by atoms with Crippen LogP contribution in [0.15, 0.2) is 18.7 Å². The van der Waals surface area contributed by atoms with E-state index < -0.39 is 5.97 Å². The highest BCUT2D eigenvalue weighted by atomic mass is 16.4. The number of rotatable bonds is 7. The number of nitrogens with zero attached hydrogens (tertiary/aromatic N) is 2. The molecule has 1 atom stereocenters. The van der Waals surface area contributed by atoms with E-state index in [2.05, 4.69) is 15.6 Å². The Bertz CT molecular complexity index is 482. The highest BCUT2D eigenvalue weighted by molar-refractivity contribution is 5.74. The van der Waals surface area contributed by atoms with Gasteiger partial charge >= 0.3 is 12.0 Å². The van der Waals surface area contributed by atoms with Crippen molar-refractivity contribution in [2.75, 3.05) is 6.54 Å². The van der Waals surface area contributed by atoms with Gasteiger partial charge in [-0.05, 0) is 25.2 Å². The highest BCUT2D eigenvalue weighted by Gasteiger charge is 2.39. The van der Waals surface area contributed by atoms with E-state index in [-0.39, 0.29) is 23.9 Å². The van der Waals surface area contributed by atoms with Gasteiger partial charge in [-0.25, -0.2) is 9.78 Å². The average Bonchev–Trinajstić information content (AvgIpc) is 2.84. The second-order valence-corrected chi connectivity index (χ2v) is 5.91. The molecule has 0 saturated heterocycles. The van der Waals surface area contributed by atoms with Crippen LogP contribution in [0.1, 0.15) is 32.6 Å². The first-order valence-corrected chi connectivity index (χ1v) is 7.21. The summed E-state index contributed by atoms with van der Waals surface area (Å²) in [5, 5.41) is 14.6. The van der Waals surface area contributed by atoms with Crippen molar-refractivity contribution in [3.8, 4) is 0 Å². The molecule has 1 unspecified atom stereocenters. The minimum atomic E-state index is -0.801. The third kappa shape index (κ3) is 4.47. The van der Waals surface area contributed by atoms with Crippen molar-refractivity contribution in [1.82, 2.24) is 20.2 Å². The van der Waals surface area contributed by atoms with E-state index in [0.29, 0.717) is 13.1 Å². The van der Waals surface area contributed by atoms with Crippen LogP contribution < -0.4 is 10.6 Å². The molecule has 0 bridgehead atoms. The fourth-order valence-corrected chi connectivity index (χ4v) is 2.71. The van der Waals surface area contributed by atoms with E-state index in [9.17, 15) is 9.59 Å². The molecule has 0 aromatic carbocycles. The van der Waals surface area contributed by atoms with Crippen molar-refractivity contribution in [3.63, 3.8) is 0 Å². The number of aromatic nitrogens is 2. The topological polar surface area (TPSA) is 96.3 Å². The summed E-state index contributed by atoms with van der Waals surface area (Å²) in [6.07, 6.45) is 8.12. The lowest BCUT2D eigenvalue weighted by Crippen LogP contribution is -2.48. The Morgan fingerprint density at radius 2 is 2.24 bits per heavy atom. The number of carbonyl (C=O) groups excluding carboxylic acids is 1. The van der Waals surface area contributed by atoms with Gasteiger partial charge < -0.3 is 20.3 Å². The van der Waals surface area contributed by atoms with Gasteiger partial charge in [0.2, 0.25) is 0 Å². The summed E-state index contributed by atoms with van der Waals surface area (Å²) in [5.74, 6) is -0.801. The number of imidazole rings is 1. The van der Waals surface area contributed by atoms with Gasteiger partial charge in [0.25, 0.3) is 0 Å². The molecular weight excluding hydrogens is 272 g/mol. The van der Waals surface area contributed by atoms with Crippen molar-refractivity contribution in [3.05, 3.63) is 18.7 Å². The van der Waals surface area contributed by atoms with Gasteiger partial charge in [-0.15, -0.1) is 0 Å². The minimum absolute atomic E-state index is 0.0315. The average molecular weight is 294 g/mol. The Morgan fingerprint density at radius 1 is 1.48 bits per heavy atom. The standard InChI is InChI=1S/C14H22N4O3/c1-11(8-18-6-5-15-10-18)17-13(21)16-9-14(3-2-4-14)7-12(19)20/h5-6,10-11H,2-4,7-9H2,1H3,(H,19,20)(H2,16,17,21). The first-order valence-electron chi connectivity index (χ1n) is 7.21. The number of nitrogens with one attached hydrogen (secondary N) is 2. The highest BCUT2D eigenvalue weighted by Crippen LogP contribution is 2.43. The molecule has 21 heavy (non-hydrogen) atoms. The molecule has 1 aliphatic carbocycles. The molecule has 1 saturated carbocycles. The van der Waals surface area contributed by atoms with Gasteiger partial charge in [-0.1, -0.05) is 6.42 Å². The lowest BCUT2D eigenvalue weighted by atomic mass is 9.66. The number of aliphatic carboxylic acids is 1. The van der Waals surface area contributed by atoms with Crippen LogP contribution in [0.2, 0.25) is 0 Å². The van der Waals surface area contributed by atoms with Crippen LogP contribution in [-0.2, 0) is 11.3 Å². The lowest BCUT2D eigenvalue weighted by molar-refractivity contribution is -0.141. The third-order valence-corrected chi connectivity index (χ3v) is 3.99. The molecule has 116 valence electrons. The molecule has 7 heteroatoms.